The van der Waals surface area contributed by atoms with Crippen LogP contribution >= 0.6 is 7.52 Å². The zero-order valence-electron chi connectivity index (χ0n) is 22.0. The molecule has 202 valence electrons. The fourth-order valence-corrected chi connectivity index (χ4v) is 5.24. The van der Waals surface area contributed by atoms with E-state index in [1.165, 1.54) is 13.4 Å². The molecule has 3 aromatic rings. The van der Waals surface area contributed by atoms with E-state index in [1.54, 1.807) is 38.6 Å². The number of carbonyl (C=O) groups is 1. The molecule has 3 atom stereocenters. The number of nitrogens with zero attached hydrogens (tertiary/aromatic N) is 5. The Morgan fingerprint density at radius 2 is 1.92 bits per heavy atom. The highest BCUT2D eigenvalue weighted by Crippen LogP contribution is 2.44. The summed E-state index contributed by atoms with van der Waals surface area (Å²) in [7, 11) is -2.30. The highest BCUT2D eigenvalue weighted by atomic mass is 31.2. The van der Waals surface area contributed by atoms with Crippen molar-refractivity contribution in [3.8, 4) is 0 Å². The summed E-state index contributed by atoms with van der Waals surface area (Å²) in [6.07, 6.45) is 1.82. The number of hydrogen-bond donors (Lipinski definition) is 1. The Labute approximate surface area is 216 Å². The van der Waals surface area contributed by atoms with Crippen molar-refractivity contribution in [1.29, 1.82) is 0 Å². The van der Waals surface area contributed by atoms with Gasteiger partial charge in [-0.3, -0.25) is 9.36 Å². The van der Waals surface area contributed by atoms with Crippen molar-refractivity contribution in [2.24, 2.45) is 0 Å². The maximum atomic E-state index is 13.8. The van der Waals surface area contributed by atoms with Gasteiger partial charge in [0.25, 0.3) is 7.52 Å². The Morgan fingerprint density at radius 1 is 1.19 bits per heavy atom. The van der Waals surface area contributed by atoms with Gasteiger partial charge in [0.2, 0.25) is 0 Å². The summed E-state index contributed by atoms with van der Waals surface area (Å²) in [6.45, 7) is 9.19. The van der Waals surface area contributed by atoms with Crippen LogP contribution in [-0.4, -0.2) is 57.1 Å². The van der Waals surface area contributed by atoms with Crippen LogP contribution < -0.4 is 10.2 Å². The largest absolute Gasteiger partial charge is 0.757 e. The normalized spacial score (nSPS) is 14.9. The number of hydrogen-bond acceptors (Lipinski definition) is 10. The Morgan fingerprint density at radius 3 is 2.59 bits per heavy atom. The van der Waals surface area contributed by atoms with Crippen LogP contribution in [0.4, 0.5) is 5.82 Å². The molecule has 0 aliphatic carbocycles. The summed E-state index contributed by atoms with van der Waals surface area (Å²) in [6, 6.07) is 6.74. The second kappa shape index (κ2) is 12.6. The van der Waals surface area contributed by atoms with Crippen LogP contribution in [0.1, 0.15) is 38.8 Å². The van der Waals surface area contributed by atoms with Crippen molar-refractivity contribution >= 4 is 30.5 Å². The molecule has 0 saturated heterocycles. The quantitative estimate of drug-likeness (QED) is 0.195. The van der Waals surface area contributed by atoms with Gasteiger partial charge in [-0.2, -0.15) is 0 Å². The number of aromatic nitrogens is 4. The lowest BCUT2D eigenvalue weighted by Gasteiger charge is -2.25. The molecule has 0 bridgehead atoms. The van der Waals surface area contributed by atoms with E-state index in [1.807, 2.05) is 31.2 Å². The number of rotatable bonds is 13. The van der Waals surface area contributed by atoms with Crippen molar-refractivity contribution in [2.75, 3.05) is 18.5 Å². The van der Waals surface area contributed by atoms with Gasteiger partial charge in [-0.15, -0.1) is 0 Å². The molecular formula is C24H34N6O6P-. The number of ether oxygens (including phenoxy) is 2. The molecule has 0 amide bonds. The zero-order chi connectivity index (χ0) is 27.2. The zero-order valence-corrected chi connectivity index (χ0v) is 22.8. The summed E-state index contributed by atoms with van der Waals surface area (Å²) < 4.78 is 32.5. The number of esters is 1. The monoisotopic (exact) mass is 533 g/mol. The predicted octanol–water partition coefficient (Wildman–Crippen LogP) is 3.77. The van der Waals surface area contributed by atoms with Gasteiger partial charge in [0.15, 0.2) is 5.65 Å². The third-order valence-corrected chi connectivity index (χ3v) is 7.26. The molecule has 0 saturated carbocycles. The van der Waals surface area contributed by atoms with Crippen molar-refractivity contribution in [3.63, 3.8) is 0 Å². The molecule has 0 spiro atoms. The maximum Gasteiger partial charge on any atom is 0.323 e. The SMILES string of the molecule is Cc1ccccc1CO[P@](=O)(CO[C@H](C)Cn1cnc2c(N(C)[O-])ncnc21)N[C@H](C)C(=O)OC(C)C. The number of aryl methyl sites for hydroxylation is 1. The minimum Gasteiger partial charge on any atom is -0.757 e. The van der Waals surface area contributed by atoms with Gasteiger partial charge in [-0.1, -0.05) is 24.3 Å². The van der Waals surface area contributed by atoms with Crippen LogP contribution in [0, 0.1) is 12.1 Å². The Bertz CT molecular complexity index is 1250. The van der Waals surface area contributed by atoms with Gasteiger partial charge in [0, 0.05) is 0 Å². The highest BCUT2D eigenvalue weighted by molar-refractivity contribution is 7.56. The maximum absolute atomic E-state index is 13.8. The second-order valence-corrected chi connectivity index (χ2v) is 11.2. The van der Waals surface area contributed by atoms with Crippen LogP contribution in [0.2, 0.25) is 0 Å². The van der Waals surface area contributed by atoms with E-state index in [-0.39, 0.29) is 24.9 Å². The lowest BCUT2D eigenvalue weighted by molar-refractivity contribution is -0.149. The fourth-order valence-electron chi connectivity index (χ4n) is 3.53. The summed E-state index contributed by atoms with van der Waals surface area (Å²) in [5.74, 6) is -0.371. The predicted molar refractivity (Wildman–Crippen MR) is 140 cm³/mol. The number of fused-ring (bicyclic) bond motifs is 1. The number of hydroxylamine groups is 1. The van der Waals surface area contributed by atoms with Gasteiger partial charge in [0.05, 0.1) is 31.7 Å². The second-order valence-electron chi connectivity index (χ2n) is 9.08. The molecule has 3 rings (SSSR count). The van der Waals surface area contributed by atoms with E-state index in [0.29, 0.717) is 22.8 Å². The molecule has 2 heterocycles. The highest BCUT2D eigenvalue weighted by Gasteiger charge is 2.31. The van der Waals surface area contributed by atoms with E-state index in [4.69, 9.17) is 14.0 Å². The number of benzene rings is 1. The van der Waals surface area contributed by atoms with Crippen LogP contribution in [0.25, 0.3) is 11.2 Å². The molecule has 12 nitrogen and oxygen atoms in total. The lowest BCUT2D eigenvalue weighted by atomic mass is 10.1. The molecule has 0 aliphatic heterocycles. The topological polar surface area (TPSA) is 144 Å². The molecule has 0 fully saturated rings. The number of anilines is 1. The minimum atomic E-state index is -3.64. The van der Waals surface area contributed by atoms with Crippen LogP contribution in [0.5, 0.6) is 0 Å². The Kier molecular flexibility index (Phi) is 9.74. The van der Waals surface area contributed by atoms with Gasteiger partial charge in [0.1, 0.15) is 30.1 Å². The van der Waals surface area contributed by atoms with Gasteiger partial charge < -0.3 is 28.8 Å². The van der Waals surface area contributed by atoms with E-state index in [9.17, 15) is 14.6 Å². The van der Waals surface area contributed by atoms with Gasteiger partial charge >= 0.3 is 5.97 Å². The average molecular weight is 534 g/mol. The molecule has 0 aliphatic rings. The van der Waals surface area contributed by atoms with Crippen LogP contribution in [0.3, 0.4) is 0 Å². The number of carbonyl (C=O) groups excluding carboxylic acids is 1. The summed E-state index contributed by atoms with van der Waals surface area (Å²) in [4.78, 5) is 24.8. The average Bonchev–Trinajstić information content (AvgIpc) is 3.24. The van der Waals surface area contributed by atoms with Crippen LogP contribution in [-0.2, 0) is 36.5 Å². The first kappa shape index (κ1) is 28.7. The van der Waals surface area contributed by atoms with E-state index in [0.717, 1.165) is 11.1 Å². The fraction of sp³-hybridized carbons (Fsp3) is 0.500. The first-order valence-corrected chi connectivity index (χ1v) is 13.7. The first-order chi connectivity index (χ1) is 17.5. The first-order valence-electron chi connectivity index (χ1n) is 11.9. The van der Waals surface area contributed by atoms with Gasteiger partial charge in [-0.05, 0) is 52.8 Å². The van der Waals surface area contributed by atoms with E-state index < -0.39 is 25.6 Å². The summed E-state index contributed by atoms with van der Waals surface area (Å²) in [5, 5.41) is 15.2. The molecule has 1 aromatic carbocycles. The molecule has 13 heteroatoms. The number of imidazole rings is 1. The molecule has 1 N–H and O–H groups in total. The molecular weight excluding hydrogens is 499 g/mol. The van der Waals surface area contributed by atoms with Crippen LogP contribution in [0.15, 0.2) is 36.9 Å². The summed E-state index contributed by atoms with van der Waals surface area (Å²) in [5.41, 5.74) is 2.72. The molecule has 37 heavy (non-hydrogen) atoms. The molecule has 0 radical (unpaired) electrons. The smallest absolute Gasteiger partial charge is 0.323 e. The number of nitrogens with one attached hydrogen (secondary N) is 1. The standard InChI is InChI=1S/C24H34N6O6P/c1-16(2)36-24(31)19(5)28-37(33,35-12-20-10-8-7-9-17(20)3)15-34-18(4)11-30-14-27-21-22(29(6)32)25-13-26-23(21)30/h7-10,13-14,16,18-19H,11-12,15H2,1-6H3,(H,28,33)/q-1/t18-,19-,37-/m1/s1. The Balaban J connectivity index is 1.71. The van der Waals surface area contributed by atoms with Crippen molar-refractivity contribution in [1.82, 2.24) is 24.6 Å². The minimum absolute atomic E-state index is 0.0786. The lowest BCUT2D eigenvalue weighted by Crippen LogP contribution is -2.36. The molecule has 0 unspecified atom stereocenters. The Hall–Kier alpha value is -2.89. The summed E-state index contributed by atoms with van der Waals surface area (Å²) >= 11 is 0. The third kappa shape index (κ3) is 7.80. The molecule has 2 aromatic heterocycles. The van der Waals surface area contributed by atoms with E-state index in [2.05, 4.69) is 20.0 Å². The third-order valence-electron chi connectivity index (χ3n) is 5.45. The van der Waals surface area contributed by atoms with Crippen molar-refractivity contribution in [2.45, 2.75) is 66.0 Å². The van der Waals surface area contributed by atoms with Crippen molar-refractivity contribution < 1.29 is 23.4 Å². The van der Waals surface area contributed by atoms with Crippen molar-refractivity contribution in [3.05, 3.63) is 53.3 Å². The van der Waals surface area contributed by atoms with E-state index >= 15 is 0 Å². The van der Waals surface area contributed by atoms with Gasteiger partial charge in [-0.25, -0.2) is 20.0 Å².